The number of benzene rings is 2. The van der Waals surface area contributed by atoms with Gasteiger partial charge in [-0.15, -0.1) is 5.10 Å². The van der Waals surface area contributed by atoms with Gasteiger partial charge in [-0.3, -0.25) is 0 Å². The number of hydrogen-bond acceptors (Lipinski definition) is 5. The van der Waals surface area contributed by atoms with Crippen molar-refractivity contribution >= 4 is 15.9 Å². The van der Waals surface area contributed by atoms with Crippen LogP contribution < -0.4 is 15.2 Å². The zero-order valence-electron chi connectivity index (χ0n) is 13.5. The minimum Gasteiger partial charge on any atom is -0.493 e. The molecule has 6 nitrogen and oxygen atoms in total. The van der Waals surface area contributed by atoms with E-state index in [0.717, 1.165) is 10.0 Å². The van der Waals surface area contributed by atoms with Crippen LogP contribution in [0.5, 0.6) is 11.5 Å². The standard InChI is InChI=1S/C17H14BrFN2O4/c1-23-14-7-11(13(18)8-15(14)24-2)9-21-17(22)25-16(20-21)10-3-5-12(19)6-4-10/h3-8H,9H2,1-2H3. The van der Waals surface area contributed by atoms with Gasteiger partial charge in [0.1, 0.15) is 5.82 Å². The number of nitrogens with zero attached hydrogens (tertiary/aromatic N) is 2. The first-order valence-electron chi connectivity index (χ1n) is 7.26. The highest BCUT2D eigenvalue weighted by molar-refractivity contribution is 9.10. The van der Waals surface area contributed by atoms with Gasteiger partial charge >= 0.3 is 5.76 Å². The van der Waals surface area contributed by atoms with Crippen LogP contribution in [0.4, 0.5) is 4.39 Å². The van der Waals surface area contributed by atoms with E-state index in [-0.39, 0.29) is 18.3 Å². The molecule has 25 heavy (non-hydrogen) atoms. The molecule has 0 amide bonds. The lowest BCUT2D eigenvalue weighted by atomic mass is 10.2. The molecule has 3 rings (SSSR count). The largest absolute Gasteiger partial charge is 0.493 e. The molecule has 0 aliphatic heterocycles. The summed E-state index contributed by atoms with van der Waals surface area (Å²) in [4.78, 5) is 12.1. The molecule has 0 bridgehead atoms. The summed E-state index contributed by atoms with van der Waals surface area (Å²) in [6, 6.07) is 9.05. The van der Waals surface area contributed by atoms with Gasteiger partial charge in [-0.25, -0.2) is 9.18 Å². The van der Waals surface area contributed by atoms with E-state index < -0.39 is 5.76 Å². The Kier molecular flexibility index (Phi) is 4.89. The third-order valence-electron chi connectivity index (χ3n) is 3.57. The van der Waals surface area contributed by atoms with Crippen LogP contribution in [0.15, 0.2) is 50.1 Å². The van der Waals surface area contributed by atoms with E-state index in [1.165, 1.54) is 36.1 Å². The van der Waals surface area contributed by atoms with Crippen molar-refractivity contribution in [3.8, 4) is 23.0 Å². The molecule has 0 radical (unpaired) electrons. The second-order valence-electron chi connectivity index (χ2n) is 5.14. The zero-order valence-corrected chi connectivity index (χ0v) is 15.0. The molecule has 0 unspecified atom stereocenters. The minimum absolute atomic E-state index is 0.126. The minimum atomic E-state index is -0.610. The van der Waals surface area contributed by atoms with Gasteiger partial charge in [0.2, 0.25) is 5.89 Å². The third kappa shape index (κ3) is 3.58. The van der Waals surface area contributed by atoms with Crippen LogP contribution in [0.3, 0.4) is 0 Å². The van der Waals surface area contributed by atoms with Gasteiger partial charge in [-0.1, -0.05) is 15.9 Å². The van der Waals surface area contributed by atoms with Crippen LogP contribution in [0.25, 0.3) is 11.5 Å². The topological polar surface area (TPSA) is 66.5 Å². The molecular formula is C17H14BrFN2O4. The Morgan fingerprint density at radius 2 is 1.80 bits per heavy atom. The Bertz CT molecular complexity index is 950. The lowest BCUT2D eigenvalue weighted by Gasteiger charge is -2.11. The molecule has 130 valence electrons. The van der Waals surface area contributed by atoms with E-state index in [9.17, 15) is 9.18 Å². The van der Waals surface area contributed by atoms with Crippen molar-refractivity contribution in [3.05, 3.63) is 62.8 Å². The zero-order chi connectivity index (χ0) is 18.0. The van der Waals surface area contributed by atoms with Crippen molar-refractivity contribution in [1.82, 2.24) is 9.78 Å². The van der Waals surface area contributed by atoms with Crippen LogP contribution in [0.2, 0.25) is 0 Å². The van der Waals surface area contributed by atoms with Gasteiger partial charge in [-0.05, 0) is 42.0 Å². The van der Waals surface area contributed by atoms with Crippen molar-refractivity contribution in [2.75, 3.05) is 14.2 Å². The number of halogens is 2. The molecule has 8 heteroatoms. The molecule has 2 aromatic carbocycles. The van der Waals surface area contributed by atoms with E-state index in [4.69, 9.17) is 13.9 Å². The molecule has 3 aromatic rings. The van der Waals surface area contributed by atoms with Gasteiger partial charge in [0.15, 0.2) is 11.5 Å². The average molecular weight is 409 g/mol. The summed E-state index contributed by atoms with van der Waals surface area (Å²) in [5, 5.41) is 4.17. The molecule has 0 spiro atoms. The Hall–Kier alpha value is -2.61. The van der Waals surface area contributed by atoms with E-state index in [1.54, 1.807) is 19.2 Å². The monoisotopic (exact) mass is 408 g/mol. The van der Waals surface area contributed by atoms with Crippen LogP contribution >= 0.6 is 15.9 Å². The van der Waals surface area contributed by atoms with Gasteiger partial charge in [0.05, 0.1) is 20.8 Å². The predicted molar refractivity (Wildman–Crippen MR) is 92.5 cm³/mol. The van der Waals surface area contributed by atoms with E-state index in [0.29, 0.717) is 17.1 Å². The highest BCUT2D eigenvalue weighted by Gasteiger charge is 2.14. The van der Waals surface area contributed by atoms with E-state index >= 15 is 0 Å². The average Bonchev–Trinajstić information content (AvgIpc) is 2.97. The maximum atomic E-state index is 13.0. The van der Waals surface area contributed by atoms with Crippen molar-refractivity contribution < 1.29 is 18.3 Å². The number of ether oxygens (including phenoxy) is 2. The summed E-state index contributed by atoms with van der Waals surface area (Å²) in [6.45, 7) is 0.171. The van der Waals surface area contributed by atoms with Crippen molar-refractivity contribution in [3.63, 3.8) is 0 Å². The summed E-state index contributed by atoms with van der Waals surface area (Å²) >= 11 is 3.44. The Balaban J connectivity index is 1.94. The molecule has 0 N–H and O–H groups in total. The third-order valence-corrected chi connectivity index (χ3v) is 4.31. The number of rotatable bonds is 5. The van der Waals surface area contributed by atoms with Crippen molar-refractivity contribution in [2.45, 2.75) is 6.54 Å². The van der Waals surface area contributed by atoms with Crippen LogP contribution in [-0.4, -0.2) is 24.0 Å². The fraction of sp³-hybridized carbons (Fsp3) is 0.176. The first-order chi connectivity index (χ1) is 12.0. The van der Waals surface area contributed by atoms with E-state index in [2.05, 4.69) is 21.0 Å². The number of methoxy groups -OCH3 is 2. The fourth-order valence-electron chi connectivity index (χ4n) is 2.29. The molecule has 1 heterocycles. The molecule has 0 saturated carbocycles. The summed E-state index contributed by atoms with van der Waals surface area (Å²) < 4.78 is 30.6. The van der Waals surface area contributed by atoms with Crippen LogP contribution in [0, 0.1) is 5.82 Å². The quantitative estimate of drug-likeness (QED) is 0.646. The number of hydrogen-bond donors (Lipinski definition) is 0. The second kappa shape index (κ2) is 7.10. The number of aromatic nitrogens is 2. The molecule has 1 aromatic heterocycles. The molecule has 0 aliphatic rings. The maximum Gasteiger partial charge on any atom is 0.437 e. The molecule has 0 atom stereocenters. The van der Waals surface area contributed by atoms with Gasteiger partial charge < -0.3 is 13.9 Å². The second-order valence-corrected chi connectivity index (χ2v) is 5.99. The van der Waals surface area contributed by atoms with Crippen molar-refractivity contribution in [1.29, 1.82) is 0 Å². The smallest absolute Gasteiger partial charge is 0.437 e. The lowest BCUT2D eigenvalue weighted by molar-refractivity contribution is 0.354. The highest BCUT2D eigenvalue weighted by Crippen LogP contribution is 2.33. The SMILES string of the molecule is COc1cc(Br)c(Cn2nc(-c3ccc(F)cc3)oc2=O)cc1OC. The van der Waals surface area contributed by atoms with Gasteiger partial charge in [-0.2, -0.15) is 4.68 Å². The Labute approximate surface area is 150 Å². The normalized spacial score (nSPS) is 10.7. The molecule has 0 aliphatic carbocycles. The van der Waals surface area contributed by atoms with Gasteiger partial charge in [0.25, 0.3) is 0 Å². The molecule has 0 saturated heterocycles. The molecular weight excluding hydrogens is 395 g/mol. The van der Waals surface area contributed by atoms with Gasteiger partial charge in [0, 0.05) is 10.0 Å². The van der Waals surface area contributed by atoms with E-state index in [1.807, 2.05) is 0 Å². The predicted octanol–water partition coefficient (Wildman–Crippen LogP) is 3.47. The molecule has 0 fully saturated rings. The summed E-state index contributed by atoms with van der Waals surface area (Å²) in [5.41, 5.74) is 1.28. The highest BCUT2D eigenvalue weighted by atomic mass is 79.9. The Morgan fingerprint density at radius 1 is 1.16 bits per heavy atom. The summed E-state index contributed by atoms with van der Waals surface area (Å²) in [5.74, 6) is 0.246. The van der Waals surface area contributed by atoms with Crippen LogP contribution in [-0.2, 0) is 6.54 Å². The first-order valence-corrected chi connectivity index (χ1v) is 8.05. The summed E-state index contributed by atoms with van der Waals surface area (Å²) in [7, 11) is 3.07. The summed E-state index contributed by atoms with van der Waals surface area (Å²) in [6.07, 6.45) is 0. The lowest BCUT2D eigenvalue weighted by Crippen LogP contribution is -2.17. The fourth-order valence-corrected chi connectivity index (χ4v) is 2.74. The van der Waals surface area contributed by atoms with Crippen LogP contribution in [0.1, 0.15) is 5.56 Å². The maximum absolute atomic E-state index is 13.0. The van der Waals surface area contributed by atoms with Crippen molar-refractivity contribution in [2.24, 2.45) is 0 Å². The Morgan fingerprint density at radius 3 is 2.44 bits per heavy atom. The first kappa shape index (κ1) is 17.2.